The minimum atomic E-state index is -4.33. The lowest BCUT2D eigenvalue weighted by molar-refractivity contribution is -0.142. The minimum Gasteiger partial charge on any atom is -0.468 e. The molecule has 0 radical (unpaired) electrons. The van der Waals surface area contributed by atoms with Gasteiger partial charge in [-0.15, -0.1) is 0 Å². The Kier molecular flexibility index (Phi) is 11.0. The quantitative estimate of drug-likeness (QED) is 0.142. The number of aliphatic hydroxyl groups excluding tert-OH is 1. The van der Waals surface area contributed by atoms with Gasteiger partial charge in [0.25, 0.3) is 5.56 Å². The molecule has 15 heteroatoms. The number of aromatic amines is 1. The highest BCUT2D eigenvalue weighted by Crippen LogP contribution is 2.46. The number of para-hydroxylation sites is 1. The molecule has 0 bridgehead atoms. The number of esters is 2. The van der Waals surface area contributed by atoms with Crippen molar-refractivity contribution < 1.29 is 42.5 Å². The van der Waals surface area contributed by atoms with E-state index in [0.717, 1.165) is 16.2 Å². The summed E-state index contributed by atoms with van der Waals surface area (Å²) in [6.45, 7) is -0.471. The summed E-state index contributed by atoms with van der Waals surface area (Å²) in [4.78, 5) is 51.0. The van der Waals surface area contributed by atoms with E-state index in [-0.39, 0.29) is 24.2 Å². The molecular formula is C29H32N3O11P. The number of H-pyrrole nitrogens is 1. The van der Waals surface area contributed by atoms with Crippen LogP contribution in [0.3, 0.4) is 0 Å². The Morgan fingerprint density at radius 2 is 1.80 bits per heavy atom. The third-order valence-electron chi connectivity index (χ3n) is 6.57. The van der Waals surface area contributed by atoms with Crippen molar-refractivity contribution in [3.8, 4) is 5.75 Å². The van der Waals surface area contributed by atoms with Crippen LogP contribution in [0.5, 0.6) is 5.75 Å². The molecule has 0 saturated carbocycles. The number of benzene rings is 2. The molecule has 0 spiro atoms. The van der Waals surface area contributed by atoms with Crippen LogP contribution in [0.1, 0.15) is 23.8 Å². The minimum absolute atomic E-state index is 0.0370. The van der Waals surface area contributed by atoms with E-state index in [0.29, 0.717) is 0 Å². The first-order valence-electron chi connectivity index (χ1n) is 13.4. The zero-order chi connectivity index (χ0) is 31.7. The molecule has 1 aromatic heterocycles. The average molecular weight is 630 g/mol. The smallest absolute Gasteiger partial charge is 0.459 e. The Bertz CT molecular complexity index is 1620. The van der Waals surface area contributed by atoms with E-state index in [2.05, 4.69) is 14.8 Å². The fraction of sp³-hybridized carbons (Fsp3) is 0.310. The van der Waals surface area contributed by atoms with Crippen molar-refractivity contribution in [2.45, 2.75) is 37.3 Å². The summed E-state index contributed by atoms with van der Waals surface area (Å²) in [5, 5.41) is 13.4. The second-order valence-corrected chi connectivity index (χ2v) is 11.3. The number of carbonyl (C=O) groups is 2. The fourth-order valence-electron chi connectivity index (χ4n) is 4.34. The second kappa shape index (κ2) is 14.9. The van der Waals surface area contributed by atoms with Crippen molar-refractivity contribution in [3.05, 3.63) is 105 Å². The lowest BCUT2D eigenvalue weighted by Crippen LogP contribution is -2.39. The summed E-state index contributed by atoms with van der Waals surface area (Å²) in [7, 11) is -1.96. The van der Waals surface area contributed by atoms with Crippen LogP contribution in [-0.4, -0.2) is 65.7 Å². The first-order chi connectivity index (χ1) is 21.1. The number of nitrogens with zero attached hydrogens (tertiary/aromatic N) is 1. The highest BCUT2D eigenvalue weighted by atomic mass is 31.2. The molecule has 0 aliphatic carbocycles. The number of aromatic nitrogens is 2. The molecule has 2 heterocycles. The highest BCUT2D eigenvalue weighted by molar-refractivity contribution is 7.52. The third kappa shape index (κ3) is 8.62. The SMILES string of the molecule is COC(=O)/C=C/c1cn([C@H]2C[C@H](O)[C@@H](COP(=O)(N[C@@H](Cc3ccccc3)C(=O)OC)Oc3ccccc3)O2)c(=O)[nH]c1=O. The molecule has 3 N–H and O–H groups in total. The van der Waals surface area contributed by atoms with Crippen LogP contribution >= 0.6 is 7.75 Å². The number of ether oxygens (including phenoxy) is 3. The van der Waals surface area contributed by atoms with Gasteiger partial charge in [0, 0.05) is 18.7 Å². The monoisotopic (exact) mass is 629 g/mol. The number of methoxy groups -OCH3 is 2. The van der Waals surface area contributed by atoms with Gasteiger partial charge < -0.3 is 23.8 Å². The van der Waals surface area contributed by atoms with E-state index >= 15 is 0 Å². The van der Waals surface area contributed by atoms with Crippen molar-refractivity contribution >= 4 is 25.8 Å². The Hall–Kier alpha value is -4.33. The Balaban J connectivity index is 1.53. The summed E-state index contributed by atoms with van der Waals surface area (Å²) in [6.07, 6.45) is 0.0568. The van der Waals surface area contributed by atoms with Gasteiger partial charge in [0.15, 0.2) is 0 Å². The molecule has 5 atom stereocenters. The van der Waals surface area contributed by atoms with Gasteiger partial charge in [-0.25, -0.2) is 14.2 Å². The van der Waals surface area contributed by atoms with Gasteiger partial charge in [0.2, 0.25) is 0 Å². The van der Waals surface area contributed by atoms with Crippen LogP contribution in [0, 0.1) is 0 Å². The lowest BCUT2D eigenvalue weighted by atomic mass is 10.1. The van der Waals surface area contributed by atoms with Gasteiger partial charge in [0.1, 0.15) is 24.1 Å². The summed E-state index contributed by atoms with van der Waals surface area (Å²) in [5.74, 6) is -1.23. The molecule has 1 aliphatic rings. The number of carbonyl (C=O) groups excluding carboxylic acids is 2. The molecule has 1 aliphatic heterocycles. The van der Waals surface area contributed by atoms with Crippen LogP contribution < -0.4 is 20.9 Å². The van der Waals surface area contributed by atoms with Gasteiger partial charge in [-0.2, -0.15) is 5.09 Å². The number of hydrogen-bond donors (Lipinski definition) is 3. The maximum absolute atomic E-state index is 14.1. The molecular weight excluding hydrogens is 597 g/mol. The predicted octanol–water partition coefficient (Wildman–Crippen LogP) is 1.95. The molecule has 4 rings (SSSR count). The van der Waals surface area contributed by atoms with E-state index in [4.69, 9.17) is 18.5 Å². The van der Waals surface area contributed by atoms with E-state index in [1.807, 2.05) is 6.07 Å². The van der Waals surface area contributed by atoms with Crippen molar-refractivity contribution in [1.82, 2.24) is 14.6 Å². The normalized spacial score (nSPS) is 20.1. The second-order valence-electron chi connectivity index (χ2n) is 9.63. The van der Waals surface area contributed by atoms with Crippen LogP contribution in [0.15, 0.2) is 82.5 Å². The van der Waals surface area contributed by atoms with Crippen molar-refractivity contribution in [2.24, 2.45) is 0 Å². The molecule has 14 nitrogen and oxygen atoms in total. The largest absolute Gasteiger partial charge is 0.468 e. The van der Waals surface area contributed by atoms with Crippen LogP contribution in [0.25, 0.3) is 6.08 Å². The number of hydrogen-bond acceptors (Lipinski definition) is 11. The number of rotatable bonds is 13. The van der Waals surface area contributed by atoms with Gasteiger partial charge in [-0.3, -0.25) is 23.7 Å². The Morgan fingerprint density at radius 3 is 2.45 bits per heavy atom. The fourth-order valence-corrected chi connectivity index (χ4v) is 5.84. The van der Waals surface area contributed by atoms with Gasteiger partial charge in [-0.1, -0.05) is 48.5 Å². The zero-order valence-electron chi connectivity index (χ0n) is 23.9. The van der Waals surface area contributed by atoms with Crippen LogP contribution in [0.4, 0.5) is 0 Å². The van der Waals surface area contributed by atoms with E-state index < -0.39 is 62.0 Å². The first kappa shape index (κ1) is 32.6. The zero-order valence-corrected chi connectivity index (χ0v) is 24.8. The van der Waals surface area contributed by atoms with Crippen molar-refractivity contribution in [1.29, 1.82) is 0 Å². The number of nitrogens with one attached hydrogen (secondary N) is 2. The van der Waals surface area contributed by atoms with Gasteiger partial charge >= 0.3 is 25.4 Å². The van der Waals surface area contributed by atoms with Crippen LogP contribution in [0.2, 0.25) is 0 Å². The molecule has 44 heavy (non-hydrogen) atoms. The van der Waals surface area contributed by atoms with E-state index in [9.17, 15) is 28.8 Å². The van der Waals surface area contributed by atoms with Gasteiger partial charge in [-0.05, 0) is 30.2 Å². The number of aliphatic hydroxyl groups is 1. The summed E-state index contributed by atoms with van der Waals surface area (Å²) < 4.78 is 41.8. The molecule has 234 valence electrons. The summed E-state index contributed by atoms with van der Waals surface area (Å²) in [6, 6.07) is 16.0. The maximum atomic E-state index is 14.1. The average Bonchev–Trinajstić information content (AvgIpc) is 3.39. The summed E-state index contributed by atoms with van der Waals surface area (Å²) in [5.41, 5.74) is -0.840. The van der Waals surface area contributed by atoms with Crippen molar-refractivity contribution in [3.63, 3.8) is 0 Å². The van der Waals surface area contributed by atoms with Gasteiger partial charge in [0.05, 0.1) is 32.5 Å². The molecule has 1 saturated heterocycles. The molecule has 1 fully saturated rings. The molecule has 0 amide bonds. The van der Waals surface area contributed by atoms with Crippen molar-refractivity contribution in [2.75, 3.05) is 20.8 Å². The third-order valence-corrected chi connectivity index (χ3v) is 8.14. The first-order valence-corrected chi connectivity index (χ1v) is 15.0. The standard InChI is InChI=1S/C29H32N3O11P/c1-39-26(34)14-13-20-17-32(29(37)30-27(20)35)25-16-23(33)24(42-25)18-41-44(38,43-21-11-7-4-8-12-21)31-22(28(36)40-2)15-19-9-5-3-6-10-19/h3-14,17,22-25,33H,15-16,18H2,1-2H3,(H,31,38)(H,30,35,37)/b14-13+/t22-,23-,24+,25+,44?/m0/s1. The Labute approximate surface area is 251 Å². The molecule has 2 aromatic carbocycles. The lowest BCUT2D eigenvalue weighted by Gasteiger charge is -2.26. The molecule has 1 unspecified atom stereocenters. The summed E-state index contributed by atoms with van der Waals surface area (Å²) >= 11 is 0. The highest BCUT2D eigenvalue weighted by Gasteiger charge is 2.40. The van der Waals surface area contributed by atoms with Crippen LogP contribution in [-0.2, 0) is 39.3 Å². The van der Waals surface area contributed by atoms with E-state index in [1.165, 1.54) is 26.5 Å². The molecule has 3 aromatic rings. The maximum Gasteiger partial charge on any atom is 0.459 e. The Morgan fingerprint density at radius 1 is 1.11 bits per heavy atom. The van der Waals surface area contributed by atoms with E-state index in [1.54, 1.807) is 54.6 Å². The topological polar surface area (TPSA) is 184 Å². The predicted molar refractivity (Wildman–Crippen MR) is 157 cm³/mol.